The predicted octanol–water partition coefficient (Wildman–Crippen LogP) is 0.739. The molecule has 1 amide bonds. The van der Waals surface area contributed by atoms with Gasteiger partial charge in [0, 0.05) is 13.1 Å². The molecule has 0 bridgehead atoms. The summed E-state index contributed by atoms with van der Waals surface area (Å²) in [5.41, 5.74) is 1.20. The number of rotatable bonds is 2. The van der Waals surface area contributed by atoms with Gasteiger partial charge in [-0.25, -0.2) is 0 Å². The van der Waals surface area contributed by atoms with E-state index in [1.165, 1.54) is 5.56 Å². The molecule has 0 radical (unpaired) electrons. The van der Waals surface area contributed by atoms with Crippen molar-refractivity contribution >= 4 is 18.3 Å². The summed E-state index contributed by atoms with van der Waals surface area (Å²) in [5.74, 6) is 0.111. The highest BCUT2D eigenvalue weighted by molar-refractivity contribution is 5.85. The van der Waals surface area contributed by atoms with Gasteiger partial charge in [-0.05, 0) is 12.0 Å². The van der Waals surface area contributed by atoms with E-state index in [4.69, 9.17) is 0 Å². The Bertz CT molecular complexity index is 316. The van der Waals surface area contributed by atoms with Gasteiger partial charge < -0.3 is 10.6 Å². The standard InChI is InChI=1S/C11H14N2O.ClH/c14-11-10(12-6-7-13-11)8-9-4-2-1-3-5-9;/h1-5,10,12H,6-8H2,(H,13,14);1H/t10-;/m0./s1. The Balaban J connectivity index is 0.00000112. The first-order valence-corrected chi connectivity index (χ1v) is 4.91. The topological polar surface area (TPSA) is 41.1 Å². The lowest BCUT2D eigenvalue weighted by molar-refractivity contribution is -0.124. The van der Waals surface area contributed by atoms with Gasteiger partial charge in [0.1, 0.15) is 0 Å². The highest BCUT2D eigenvalue weighted by Crippen LogP contribution is 2.04. The lowest BCUT2D eigenvalue weighted by Gasteiger charge is -2.23. The molecule has 2 rings (SSSR count). The van der Waals surface area contributed by atoms with Crippen LogP contribution in [0.5, 0.6) is 0 Å². The number of carbonyl (C=O) groups is 1. The van der Waals surface area contributed by atoms with Gasteiger partial charge in [0.25, 0.3) is 0 Å². The van der Waals surface area contributed by atoms with Crippen LogP contribution in [0.4, 0.5) is 0 Å². The second-order valence-corrected chi connectivity index (χ2v) is 3.49. The predicted molar refractivity (Wildman–Crippen MR) is 62.2 cm³/mol. The first-order valence-electron chi connectivity index (χ1n) is 4.91. The Kier molecular flexibility index (Phi) is 4.59. The largest absolute Gasteiger partial charge is 0.353 e. The summed E-state index contributed by atoms with van der Waals surface area (Å²) in [5, 5.41) is 6.06. The Labute approximate surface area is 95.7 Å². The van der Waals surface area contributed by atoms with Crippen LogP contribution in [0.15, 0.2) is 30.3 Å². The molecule has 0 aliphatic carbocycles. The summed E-state index contributed by atoms with van der Waals surface area (Å²) in [6, 6.07) is 10.0. The van der Waals surface area contributed by atoms with Gasteiger partial charge in [0.2, 0.25) is 5.91 Å². The van der Waals surface area contributed by atoms with Gasteiger partial charge in [-0.2, -0.15) is 0 Å². The maximum Gasteiger partial charge on any atom is 0.237 e. The van der Waals surface area contributed by atoms with E-state index < -0.39 is 0 Å². The minimum absolute atomic E-state index is 0. The molecule has 1 atom stereocenters. The molecule has 1 heterocycles. The molecule has 1 fully saturated rings. The molecule has 1 aromatic rings. The molecule has 1 saturated heterocycles. The van der Waals surface area contributed by atoms with E-state index in [-0.39, 0.29) is 24.4 Å². The van der Waals surface area contributed by atoms with Crippen LogP contribution in [0.25, 0.3) is 0 Å². The van der Waals surface area contributed by atoms with Crippen molar-refractivity contribution in [2.24, 2.45) is 0 Å². The number of nitrogens with one attached hydrogen (secondary N) is 2. The monoisotopic (exact) mass is 226 g/mol. The fourth-order valence-corrected chi connectivity index (χ4v) is 1.66. The van der Waals surface area contributed by atoms with Crippen LogP contribution in [-0.2, 0) is 11.2 Å². The van der Waals surface area contributed by atoms with Crippen molar-refractivity contribution in [2.75, 3.05) is 13.1 Å². The van der Waals surface area contributed by atoms with E-state index >= 15 is 0 Å². The second kappa shape index (κ2) is 5.73. The van der Waals surface area contributed by atoms with Gasteiger partial charge in [0.15, 0.2) is 0 Å². The number of carbonyl (C=O) groups excluding carboxylic acids is 1. The average molecular weight is 227 g/mol. The highest BCUT2D eigenvalue weighted by Gasteiger charge is 2.20. The molecule has 2 N–H and O–H groups in total. The van der Waals surface area contributed by atoms with Crippen LogP contribution in [0, 0.1) is 0 Å². The zero-order valence-electron chi connectivity index (χ0n) is 8.40. The summed E-state index contributed by atoms with van der Waals surface area (Å²) in [4.78, 5) is 11.4. The smallest absolute Gasteiger partial charge is 0.237 e. The van der Waals surface area contributed by atoms with Crippen molar-refractivity contribution in [1.29, 1.82) is 0 Å². The SMILES string of the molecule is Cl.O=C1NCCN[C@H]1Cc1ccccc1. The van der Waals surface area contributed by atoms with Gasteiger partial charge in [-0.1, -0.05) is 30.3 Å². The number of benzene rings is 1. The third-order valence-corrected chi connectivity index (χ3v) is 2.41. The first-order chi connectivity index (χ1) is 6.86. The Morgan fingerprint density at radius 3 is 2.60 bits per heavy atom. The number of piperazine rings is 1. The van der Waals surface area contributed by atoms with E-state index in [0.717, 1.165) is 19.5 Å². The van der Waals surface area contributed by atoms with Crippen LogP contribution >= 0.6 is 12.4 Å². The minimum Gasteiger partial charge on any atom is -0.353 e. The second-order valence-electron chi connectivity index (χ2n) is 3.49. The first kappa shape index (κ1) is 12.0. The maximum atomic E-state index is 11.4. The van der Waals surface area contributed by atoms with Crippen molar-refractivity contribution in [3.63, 3.8) is 0 Å². The number of hydrogen-bond donors (Lipinski definition) is 2. The molecule has 15 heavy (non-hydrogen) atoms. The number of halogens is 1. The highest BCUT2D eigenvalue weighted by atomic mass is 35.5. The molecular weight excluding hydrogens is 212 g/mol. The quantitative estimate of drug-likeness (QED) is 0.781. The third kappa shape index (κ3) is 3.22. The van der Waals surface area contributed by atoms with E-state index in [2.05, 4.69) is 10.6 Å². The molecule has 1 aliphatic rings. The van der Waals surface area contributed by atoms with Gasteiger partial charge in [-0.3, -0.25) is 4.79 Å². The van der Waals surface area contributed by atoms with E-state index in [9.17, 15) is 4.79 Å². The van der Waals surface area contributed by atoms with Gasteiger partial charge in [0.05, 0.1) is 6.04 Å². The lowest BCUT2D eigenvalue weighted by Crippen LogP contribution is -2.53. The summed E-state index contributed by atoms with van der Waals surface area (Å²) < 4.78 is 0. The van der Waals surface area contributed by atoms with Gasteiger partial charge >= 0.3 is 0 Å². The van der Waals surface area contributed by atoms with Crippen molar-refractivity contribution in [2.45, 2.75) is 12.5 Å². The Morgan fingerprint density at radius 2 is 1.93 bits per heavy atom. The number of hydrogen-bond acceptors (Lipinski definition) is 2. The van der Waals surface area contributed by atoms with Crippen molar-refractivity contribution in [1.82, 2.24) is 10.6 Å². The van der Waals surface area contributed by atoms with Crippen LogP contribution in [0.2, 0.25) is 0 Å². The maximum absolute atomic E-state index is 11.4. The third-order valence-electron chi connectivity index (χ3n) is 2.41. The molecule has 82 valence electrons. The van der Waals surface area contributed by atoms with E-state index in [1.54, 1.807) is 0 Å². The van der Waals surface area contributed by atoms with E-state index in [1.807, 2.05) is 30.3 Å². The van der Waals surface area contributed by atoms with Crippen molar-refractivity contribution < 1.29 is 4.79 Å². The van der Waals surface area contributed by atoms with Crippen LogP contribution in [-0.4, -0.2) is 25.0 Å². The molecule has 1 aromatic carbocycles. The van der Waals surface area contributed by atoms with Crippen LogP contribution in [0.3, 0.4) is 0 Å². The van der Waals surface area contributed by atoms with E-state index in [0.29, 0.717) is 0 Å². The summed E-state index contributed by atoms with van der Waals surface area (Å²) in [6.07, 6.45) is 0.771. The fraction of sp³-hybridized carbons (Fsp3) is 0.364. The zero-order valence-corrected chi connectivity index (χ0v) is 9.22. The molecule has 0 aromatic heterocycles. The molecule has 3 nitrogen and oxygen atoms in total. The molecule has 1 aliphatic heterocycles. The Morgan fingerprint density at radius 1 is 1.20 bits per heavy atom. The van der Waals surface area contributed by atoms with Gasteiger partial charge in [-0.15, -0.1) is 12.4 Å². The Hall–Kier alpha value is -1.06. The summed E-state index contributed by atoms with van der Waals surface area (Å²) in [6.45, 7) is 1.60. The normalized spacial score (nSPS) is 20.3. The molecular formula is C11H15ClN2O. The molecule has 0 unspecified atom stereocenters. The van der Waals surface area contributed by atoms with Crippen molar-refractivity contribution in [3.05, 3.63) is 35.9 Å². The fourth-order valence-electron chi connectivity index (χ4n) is 1.66. The summed E-state index contributed by atoms with van der Waals surface area (Å²) >= 11 is 0. The van der Waals surface area contributed by atoms with Crippen molar-refractivity contribution in [3.8, 4) is 0 Å². The molecule has 4 heteroatoms. The molecule has 0 saturated carbocycles. The zero-order chi connectivity index (χ0) is 9.80. The molecule has 0 spiro atoms. The lowest BCUT2D eigenvalue weighted by atomic mass is 10.0. The van der Waals surface area contributed by atoms with Crippen LogP contribution in [0.1, 0.15) is 5.56 Å². The summed E-state index contributed by atoms with van der Waals surface area (Å²) in [7, 11) is 0. The minimum atomic E-state index is -0.0638. The average Bonchev–Trinajstić information content (AvgIpc) is 2.23. The number of amides is 1. The van der Waals surface area contributed by atoms with Crippen LogP contribution < -0.4 is 10.6 Å².